The summed E-state index contributed by atoms with van der Waals surface area (Å²) in [5.74, 6) is -0.148. The van der Waals surface area contributed by atoms with Gasteiger partial charge in [-0.1, -0.05) is 12.1 Å². The van der Waals surface area contributed by atoms with E-state index in [1.807, 2.05) is 24.3 Å². The number of nitrogens with two attached hydrogens (primary N) is 1. The van der Waals surface area contributed by atoms with E-state index in [2.05, 4.69) is 10.3 Å². The molecule has 1 aromatic carbocycles. The molecule has 0 saturated carbocycles. The molecule has 4 N–H and O–H groups in total. The maximum atomic E-state index is 11.7. The summed E-state index contributed by atoms with van der Waals surface area (Å²) in [5.41, 5.74) is 7.83. The molecule has 0 radical (unpaired) electrons. The number of carbonyl (C=O) groups excluding carboxylic acids is 1. The minimum Gasteiger partial charge on any atom is -0.357 e. The van der Waals surface area contributed by atoms with Crippen LogP contribution in [0.4, 0.5) is 5.69 Å². The van der Waals surface area contributed by atoms with Gasteiger partial charge in [-0.05, 0) is 29.8 Å². The van der Waals surface area contributed by atoms with Gasteiger partial charge < -0.3 is 16.0 Å². The van der Waals surface area contributed by atoms with Gasteiger partial charge in [0.2, 0.25) is 0 Å². The first-order valence-electron chi connectivity index (χ1n) is 5.03. The number of hydrogen-bond donors (Lipinski definition) is 3. The average molecular weight is 215 g/mol. The molecule has 0 spiro atoms. The van der Waals surface area contributed by atoms with Gasteiger partial charge in [0.1, 0.15) is 5.69 Å². The smallest absolute Gasteiger partial charge is 0.272 e. The molecule has 0 bridgehead atoms. The molecule has 16 heavy (non-hydrogen) atoms. The molecule has 0 atom stereocenters. The molecular weight excluding hydrogens is 202 g/mol. The quantitative estimate of drug-likeness (QED) is 0.729. The van der Waals surface area contributed by atoms with Crippen LogP contribution in [0.2, 0.25) is 0 Å². The van der Waals surface area contributed by atoms with Crippen molar-refractivity contribution < 1.29 is 4.79 Å². The Balaban J connectivity index is 2.06. The molecular formula is C12H13N3O. The number of rotatable bonds is 3. The first-order valence-corrected chi connectivity index (χ1v) is 5.03. The molecule has 0 saturated heterocycles. The Morgan fingerprint density at radius 3 is 2.56 bits per heavy atom. The van der Waals surface area contributed by atoms with Crippen LogP contribution < -0.4 is 11.1 Å². The van der Waals surface area contributed by atoms with Crippen molar-refractivity contribution in [2.75, 3.05) is 5.32 Å². The number of benzene rings is 1. The number of nitrogens with one attached hydrogen (secondary N) is 2. The van der Waals surface area contributed by atoms with E-state index in [0.29, 0.717) is 12.2 Å². The second kappa shape index (κ2) is 4.63. The van der Waals surface area contributed by atoms with E-state index < -0.39 is 0 Å². The molecule has 1 amide bonds. The van der Waals surface area contributed by atoms with Gasteiger partial charge in [-0.15, -0.1) is 0 Å². The molecule has 0 aliphatic carbocycles. The van der Waals surface area contributed by atoms with Crippen LogP contribution in [0.25, 0.3) is 0 Å². The maximum Gasteiger partial charge on any atom is 0.272 e. The highest BCUT2D eigenvalue weighted by molar-refractivity contribution is 6.02. The van der Waals surface area contributed by atoms with Gasteiger partial charge in [-0.3, -0.25) is 4.79 Å². The van der Waals surface area contributed by atoms with E-state index >= 15 is 0 Å². The summed E-state index contributed by atoms with van der Waals surface area (Å²) >= 11 is 0. The zero-order valence-corrected chi connectivity index (χ0v) is 8.73. The highest BCUT2D eigenvalue weighted by Crippen LogP contribution is 2.10. The molecule has 82 valence electrons. The first-order chi connectivity index (χ1) is 7.79. The van der Waals surface area contributed by atoms with Crippen LogP contribution >= 0.6 is 0 Å². The van der Waals surface area contributed by atoms with Crippen LogP contribution in [0.3, 0.4) is 0 Å². The Morgan fingerprint density at radius 1 is 1.25 bits per heavy atom. The van der Waals surface area contributed by atoms with E-state index in [4.69, 9.17) is 5.73 Å². The van der Waals surface area contributed by atoms with Crippen LogP contribution in [0, 0.1) is 0 Å². The Morgan fingerprint density at radius 2 is 2.00 bits per heavy atom. The fourth-order valence-electron chi connectivity index (χ4n) is 1.39. The van der Waals surface area contributed by atoms with Crippen molar-refractivity contribution >= 4 is 11.6 Å². The van der Waals surface area contributed by atoms with E-state index in [1.165, 1.54) is 0 Å². The number of aromatic amines is 1. The first kappa shape index (κ1) is 10.4. The summed E-state index contributed by atoms with van der Waals surface area (Å²) in [5, 5.41) is 2.78. The van der Waals surface area contributed by atoms with Crippen molar-refractivity contribution in [1.29, 1.82) is 0 Å². The minimum atomic E-state index is -0.148. The number of aromatic nitrogens is 1. The van der Waals surface area contributed by atoms with Gasteiger partial charge in [0.05, 0.1) is 0 Å². The molecule has 1 heterocycles. The third kappa shape index (κ3) is 2.29. The normalized spacial score (nSPS) is 10.1. The van der Waals surface area contributed by atoms with Crippen molar-refractivity contribution in [3.05, 3.63) is 53.9 Å². The summed E-state index contributed by atoms with van der Waals surface area (Å²) in [6.07, 6.45) is 1.71. The monoisotopic (exact) mass is 215 g/mol. The maximum absolute atomic E-state index is 11.7. The summed E-state index contributed by atoms with van der Waals surface area (Å²) in [6.45, 7) is 0.505. The molecule has 0 aliphatic rings. The molecule has 0 aliphatic heterocycles. The van der Waals surface area contributed by atoms with Gasteiger partial charge in [-0.25, -0.2) is 0 Å². The highest BCUT2D eigenvalue weighted by Gasteiger charge is 2.05. The lowest BCUT2D eigenvalue weighted by atomic mass is 10.2. The topological polar surface area (TPSA) is 70.9 Å². The number of hydrogen-bond acceptors (Lipinski definition) is 2. The lowest BCUT2D eigenvalue weighted by molar-refractivity contribution is 0.102. The van der Waals surface area contributed by atoms with E-state index in [-0.39, 0.29) is 5.91 Å². The van der Waals surface area contributed by atoms with Gasteiger partial charge in [-0.2, -0.15) is 0 Å². The number of amides is 1. The second-order valence-corrected chi connectivity index (χ2v) is 3.44. The standard InChI is InChI=1S/C12H13N3O/c13-8-9-3-5-10(6-4-9)15-12(16)11-2-1-7-14-11/h1-7,14H,8,13H2,(H,15,16). The zero-order chi connectivity index (χ0) is 11.4. The van der Waals surface area contributed by atoms with Crippen LogP contribution in [0.1, 0.15) is 16.1 Å². The van der Waals surface area contributed by atoms with Crippen LogP contribution in [-0.2, 0) is 6.54 Å². The Hall–Kier alpha value is -2.07. The van der Waals surface area contributed by atoms with Crippen molar-refractivity contribution in [3.8, 4) is 0 Å². The highest BCUT2D eigenvalue weighted by atomic mass is 16.1. The Labute approximate surface area is 93.5 Å². The second-order valence-electron chi connectivity index (χ2n) is 3.44. The van der Waals surface area contributed by atoms with E-state index in [1.54, 1.807) is 18.3 Å². The van der Waals surface area contributed by atoms with Gasteiger partial charge in [0, 0.05) is 18.4 Å². The molecule has 2 rings (SSSR count). The van der Waals surface area contributed by atoms with Crippen molar-refractivity contribution in [1.82, 2.24) is 4.98 Å². The number of anilines is 1. The SMILES string of the molecule is NCc1ccc(NC(=O)c2ccc[nH]2)cc1. The summed E-state index contributed by atoms with van der Waals surface area (Å²) in [6, 6.07) is 11.0. The largest absolute Gasteiger partial charge is 0.357 e. The molecule has 1 aromatic heterocycles. The molecule has 0 fully saturated rings. The fraction of sp³-hybridized carbons (Fsp3) is 0.0833. The Kier molecular flexibility index (Phi) is 3.03. The van der Waals surface area contributed by atoms with Crippen molar-refractivity contribution in [2.45, 2.75) is 6.54 Å². The van der Waals surface area contributed by atoms with E-state index in [0.717, 1.165) is 11.3 Å². The average Bonchev–Trinajstić information content (AvgIpc) is 2.83. The summed E-state index contributed by atoms with van der Waals surface area (Å²) in [4.78, 5) is 14.5. The van der Waals surface area contributed by atoms with Crippen LogP contribution in [0.15, 0.2) is 42.6 Å². The lowest BCUT2D eigenvalue weighted by Crippen LogP contribution is -2.12. The predicted molar refractivity (Wildman–Crippen MR) is 63.1 cm³/mol. The molecule has 4 nitrogen and oxygen atoms in total. The number of H-pyrrole nitrogens is 1. The van der Waals surface area contributed by atoms with Gasteiger partial charge in [0.15, 0.2) is 0 Å². The summed E-state index contributed by atoms with van der Waals surface area (Å²) in [7, 11) is 0. The molecule has 2 aromatic rings. The number of carbonyl (C=O) groups is 1. The van der Waals surface area contributed by atoms with Gasteiger partial charge >= 0.3 is 0 Å². The minimum absolute atomic E-state index is 0.148. The zero-order valence-electron chi connectivity index (χ0n) is 8.73. The van der Waals surface area contributed by atoms with Crippen molar-refractivity contribution in [2.24, 2.45) is 5.73 Å². The third-order valence-corrected chi connectivity index (χ3v) is 2.29. The Bertz CT molecular complexity index is 460. The molecule has 0 unspecified atom stereocenters. The lowest BCUT2D eigenvalue weighted by Gasteiger charge is -2.04. The van der Waals surface area contributed by atoms with Crippen LogP contribution in [0.5, 0.6) is 0 Å². The van der Waals surface area contributed by atoms with Gasteiger partial charge in [0.25, 0.3) is 5.91 Å². The van der Waals surface area contributed by atoms with E-state index in [9.17, 15) is 4.79 Å². The molecule has 4 heteroatoms. The third-order valence-electron chi connectivity index (χ3n) is 2.29. The van der Waals surface area contributed by atoms with Crippen LogP contribution in [-0.4, -0.2) is 10.9 Å². The summed E-state index contributed by atoms with van der Waals surface area (Å²) < 4.78 is 0. The fourth-order valence-corrected chi connectivity index (χ4v) is 1.39. The predicted octanol–water partition coefficient (Wildman–Crippen LogP) is 1.73. The van der Waals surface area contributed by atoms with Crippen molar-refractivity contribution in [3.63, 3.8) is 0 Å².